The van der Waals surface area contributed by atoms with Gasteiger partial charge in [-0.2, -0.15) is 0 Å². The second-order valence-corrected chi connectivity index (χ2v) is 12.3. The SMILES string of the molecule is CCCCC(NC(=O)c1[nH]c2c(c1C)C(=O)CC(C)(C)C2)C(=O)Nc1ccc(N2CCC3(CNC3)C2)nc1. The molecule has 2 aromatic heterocycles. The van der Waals surface area contributed by atoms with Gasteiger partial charge in [-0.1, -0.05) is 33.6 Å². The Morgan fingerprint density at radius 1 is 1.21 bits per heavy atom. The maximum Gasteiger partial charge on any atom is 0.268 e. The van der Waals surface area contributed by atoms with Crippen molar-refractivity contribution in [3.63, 3.8) is 0 Å². The largest absolute Gasteiger partial charge is 0.356 e. The van der Waals surface area contributed by atoms with Crippen LogP contribution in [0.1, 0.15) is 85.0 Å². The number of H-pyrrole nitrogens is 1. The maximum absolute atomic E-state index is 13.3. The fourth-order valence-corrected chi connectivity index (χ4v) is 6.14. The van der Waals surface area contributed by atoms with Crippen LogP contribution in [0.4, 0.5) is 11.5 Å². The molecule has 2 aromatic rings. The summed E-state index contributed by atoms with van der Waals surface area (Å²) in [6.07, 6.45) is 6.26. The van der Waals surface area contributed by atoms with Gasteiger partial charge in [-0.25, -0.2) is 4.98 Å². The number of ketones is 1. The number of aromatic nitrogens is 2. The molecule has 2 saturated heterocycles. The van der Waals surface area contributed by atoms with Gasteiger partial charge in [-0.15, -0.1) is 0 Å². The van der Waals surface area contributed by atoms with E-state index in [0.717, 1.165) is 50.5 Å². The lowest BCUT2D eigenvalue weighted by Gasteiger charge is -2.39. The third kappa shape index (κ3) is 5.21. The minimum atomic E-state index is -0.696. The number of rotatable bonds is 8. The van der Waals surface area contributed by atoms with E-state index in [1.165, 1.54) is 6.42 Å². The van der Waals surface area contributed by atoms with Crippen LogP contribution in [-0.4, -0.2) is 59.8 Å². The summed E-state index contributed by atoms with van der Waals surface area (Å²) in [6, 6.07) is 3.13. The molecule has 3 aliphatic rings. The smallest absolute Gasteiger partial charge is 0.268 e. The predicted octanol–water partition coefficient (Wildman–Crippen LogP) is 3.60. The Kier molecular flexibility index (Phi) is 7.07. The number of hydrogen-bond acceptors (Lipinski definition) is 6. The molecule has 1 atom stereocenters. The van der Waals surface area contributed by atoms with E-state index in [-0.39, 0.29) is 23.0 Å². The van der Waals surface area contributed by atoms with Gasteiger partial charge in [0.2, 0.25) is 5.91 Å². The molecular formula is C29H40N6O3. The molecule has 4 heterocycles. The number of carbonyl (C=O) groups is 3. The molecule has 38 heavy (non-hydrogen) atoms. The number of amides is 2. The zero-order valence-corrected chi connectivity index (χ0v) is 23.0. The van der Waals surface area contributed by atoms with E-state index in [0.29, 0.717) is 47.2 Å². The van der Waals surface area contributed by atoms with Crippen molar-refractivity contribution in [1.29, 1.82) is 0 Å². The summed E-state index contributed by atoms with van der Waals surface area (Å²) in [5, 5.41) is 9.23. The topological polar surface area (TPSA) is 119 Å². The van der Waals surface area contributed by atoms with E-state index in [4.69, 9.17) is 0 Å². The predicted molar refractivity (Wildman–Crippen MR) is 148 cm³/mol. The Morgan fingerprint density at radius 2 is 2.00 bits per heavy atom. The average molecular weight is 521 g/mol. The van der Waals surface area contributed by atoms with Crippen molar-refractivity contribution >= 4 is 29.1 Å². The monoisotopic (exact) mass is 520 g/mol. The van der Waals surface area contributed by atoms with Crippen LogP contribution >= 0.6 is 0 Å². The number of nitrogens with zero attached hydrogens (tertiary/aromatic N) is 2. The molecule has 1 unspecified atom stereocenters. The van der Waals surface area contributed by atoms with Crippen molar-refractivity contribution in [3.05, 3.63) is 40.8 Å². The molecule has 1 aliphatic carbocycles. The minimum Gasteiger partial charge on any atom is -0.356 e. The summed E-state index contributed by atoms with van der Waals surface area (Å²) in [5.74, 6) is 0.356. The second-order valence-electron chi connectivity index (χ2n) is 12.3. The first kappa shape index (κ1) is 26.4. The summed E-state index contributed by atoms with van der Waals surface area (Å²) in [5.41, 5.74) is 3.32. The van der Waals surface area contributed by atoms with E-state index >= 15 is 0 Å². The van der Waals surface area contributed by atoms with Crippen molar-refractivity contribution in [3.8, 4) is 0 Å². The van der Waals surface area contributed by atoms with Crippen molar-refractivity contribution < 1.29 is 14.4 Å². The maximum atomic E-state index is 13.3. The molecule has 0 bridgehead atoms. The highest BCUT2D eigenvalue weighted by atomic mass is 16.2. The molecule has 0 aromatic carbocycles. The molecule has 5 rings (SSSR count). The summed E-state index contributed by atoms with van der Waals surface area (Å²) in [7, 11) is 0. The normalized spacial score (nSPS) is 20.1. The zero-order chi connectivity index (χ0) is 27.1. The van der Waals surface area contributed by atoms with Crippen molar-refractivity contribution in [2.24, 2.45) is 10.8 Å². The Hall–Kier alpha value is -3.20. The van der Waals surface area contributed by atoms with Gasteiger partial charge >= 0.3 is 0 Å². The number of nitrogens with one attached hydrogen (secondary N) is 4. The lowest BCUT2D eigenvalue weighted by atomic mass is 9.75. The number of fused-ring (bicyclic) bond motifs is 1. The Balaban J connectivity index is 1.25. The van der Waals surface area contributed by atoms with Crippen molar-refractivity contribution in [2.45, 2.75) is 72.3 Å². The van der Waals surface area contributed by atoms with Gasteiger partial charge in [-0.3, -0.25) is 14.4 Å². The van der Waals surface area contributed by atoms with Crippen LogP contribution < -0.4 is 20.9 Å². The third-order valence-corrected chi connectivity index (χ3v) is 8.37. The quantitative estimate of drug-likeness (QED) is 0.422. The van der Waals surface area contributed by atoms with Crippen LogP contribution in [0.5, 0.6) is 0 Å². The highest BCUT2D eigenvalue weighted by Gasteiger charge is 2.43. The zero-order valence-electron chi connectivity index (χ0n) is 23.0. The number of unbranched alkanes of at least 4 members (excludes halogenated alkanes) is 1. The standard InChI is InChI=1S/C29H40N6O3/c1-5-6-7-20(34-27(38)25-18(2)24-21(33-25)12-28(3,4)13-22(24)36)26(37)32-19-8-9-23(31-14-19)35-11-10-29(17-35)15-30-16-29/h8-9,14,20,30,33H,5-7,10-13,15-17H2,1-4H3,(H,32,37)(H,34,38). The van der Waals surface area contributed by atoms with Gasteiger partial charge in [0, 0.05) is 49.3 Å². The summed E-state index contributed by atoms with van der Waals surface area (Å²) in [4.78, 5) is 49.4. The highest BCUT2D eigenvalue weighted by molar-refractivity contribution is 6.06. The molecular weight excluding hydrogens is 480 g/mol. The van der Waals surface area contributed by atoms with Crippen LogP contribution in [0.15, 0.2) is 18.3 Å². The molecule has 9 nitrogen and oxygen atoms in total. The fraction of sp³-hybridized carbons (Fsp3) is 0.586. The summed E-state index contributed by atoms with van der Waals surface area (Å²) >= 11 is 0. The number of carbonyl (C=O) groups excluding carboxylic acids is 3. The first-order chi connectivity index (χ1) is 18.1. The molecule has 0 radical (unpaired) electrons. The molecule has 0 saturated carbocycles. The molecule has 1 spiro atoms. The number of anilines is 2. The Morgan fingerprint density at radius 3 is 2.63 bits per heavy atom. The van der Waals surface area contributed by atoms with E-state index in [1.807, 2.05) is 12.1 Å². The summed E-state index contributed by atoms with van der Waals surface area (Å²) < 4.78 is 0. The second kappa shape index (κ2) is 10.2. The van der Waals surface area contributed by atoms with Gasteiger partial charge in [0.05, 0.1) is 11.9 Å². The third-order valence-electron chi connectivity index (χ3n) is 8.37. The van der Waals surface area contributed by atoms with E-state index in [9.17, 15) is 14.4 Å². The van der Waals surface area contributed by atoms with Gasteiger partial charge in [0.15, 0.2) is 5.78 Å². The Bertz CT molecular complexity index is 1230. The van der Waals surface area contributed by atoms with E-state index in [1.54, 1.807) is 13.1 Å². The van der Waals surface area contributed by atoms with Gasteiger partial charge in [-0.05, 0) is 49.3 Å². The van der Waals surface area contributed by atoms with Crippen LogP contribution in [0, 0.1) is 17.8 Å². The first-order valence-electron chi connectivity index (χ1n) is 13.9. The van der Waals surface area contributed by atoms with Crippen LogP contribution in [0.2, 0.25) is 0 Å². The lowest BCUT2D eigenvalue weighted by Crippen LogP contribution is -2.54. The van der Waals surface area contributed by atoms with Crippen LogP contribution in [0.25, 0.3) is 0 Å². The fourth-order valence-electron chi connectivity index (χ4n) is 6.14. The number of aromatic amines is 1. The Labute approximate surface area is 224 Å². The van der Waals surface area contributed by atoms with Crippen molar-refractivity contribution in [2.75, 3.05) is 36.4 Å². The molecule has 2 amide bonds. The van der Waals surface area contributed by atoms with Gasteiger partial charge in [0.1, 0.15) is 17.6 Å². The molecule has 9 heteroatoms. The molecule has 2 fully saturated rings. The molecule has 2 aliphatic heterocycles. The first-order valence-corrected chi connectivity index (χ1v) is 13.9. The molecule has 4 N–H and O–H groups in total. The highest BCUT2D eigenvalue weighted by Crippen LogP contribution is 2.37. The van der Waals surface area contributed by atoms with E-state index in [2.05, 4.69) is 51.6 Å². The average Bonchev–Trinajstić information content (AvgIpc) is 3.43. The summed E-state index contributed by atoms with van der Waals surface area (Å²) in [6.45, 7) is 12.1. The van der Waals surface area contributed by atoms with Crippen LogP contribution in [-0.2, 0) is 11.2 Å². The number of pyridine rings is 1. The lowest BCUT2D eigenvalue weighted by molar-refractivity contribution is -0.118. The van der Waals surface area contributed by atoms with Gasteiger partial charge < -0.3 is 25.8 Å². The number of hydrogen-bond donors (Lipinski definition) is 4. The molecule has 204 valence electrons. The van der Waals surface area contributed by atoms with Gasteiger partial charge in [0.25, 0.3) is 5.91 Å². The van der Waals surface area contributed by atoms with Crippen molar-refractivity contribution in [1.82, 2.24) is 20.6 Å². The minimum absolute atomic E-state index is 0.0636. The van der Waals surface area contributed by atoms with E-state index < -0.39 is 6.04 Å². The van der Waals surface area contributed by atoms with Crippen LogP contribution in [0.3, 0.4) is 0 Å². The number of Topliss-reactive ketones (excluding diaryl/α,β-unsaturated/α-hetero) is 1.